The molecule has 0 amide bonds. The van der Waals surface area contributed by atoms with Gasteiger partial charge in [0.25, 0.3) is 0 Å². The van der Waals surface area contributed by atoms with Crippen LogP contribution in [-0.4, -0.2) is 69.3 Å². The summed E-state index contributed by atoms with van der Waals surface area (Å²) in [7, 11) is 4.36. The third-order valence-corrected chi connectivity index (χ3v) is 8.20. The van der Waals surface area contributed by atoms with E-state index < -0.39 is 0 Å². The molecule has 0 radical (unpaired) electrons. The largest absolute Gasteiger partial charge is 0.391 e. The van der Waals surface area contributed by atoms with Crippen molar-refractivity contribution < 1.29 is 19.1 Å². The normalized spacial score (nSPS) is 12.8. The molecule has 0 rings (SSSR count). The zero-order valence-electron chi connectivity index (χ0n) is 27.5. The molecule has 39 heavy (non-hydrogen) atoms. The third-order valence-electron chi connectivity index (χ3n) is 8.20. The smallest absolute Gasteiger partial charge is 0.130 e. The van der Waals surface area contributed by atoms with Crippen molar-refractivity contribution in [2.45, 2.75) is 174 Å². The Kier molecular flexibility index (Phi) is 30.7. The number of rotatable bonds is 33. The van der Waals surface area contributed by atoms with Gasteiger partial charge in [0.15, 0.2) is 0 Å². The van der Waals surface area contributed by atoms with Crippen LogP contribution in [0.25, 0.3) is 0 Å². The molecule has 4 nitrogen and oxygen atoms in total. The summed E-state index contributed by atoms with van der Waals surface area (Å²) in [5.74, 6) is 0. The highest BCUT2D eigenvalue weighted by molar-refractivity contribution is 4.58. The van der Waals surface area contributed by atoms with Crippen LogP contribution in [-0.2, 0) is 9.47 Å². The van der Waals surface area contributed by atoms with E-state index in [2.05, 4.69) is 27.9 Å². The van der Waals surface area contributed by atoms with Gasteiger partial charge in [-0.15, -0.1) is 0 Å². The summed E-state index contributed by atoms with van der Waals surface area (Å²) in [6.45, 7) is 8.83. The average Bonchev–Trinajstić information content (AvgIpc) is 2.91. The standard InChI is InChI=1S/C35H74NO3/c1-5-7-9-11-13-15-17-19-21-23-25-27-31-38-34-35(33-36(3,4)29-30-37)39-32-28-26-24-22-20-18-16-14-12-10-8-6-2/h35,37H,5-34H2,1-4H3/q+1. The van der Waals surface area contributed by atoms with Crippen molar-refractivity contribution >= 4 is 0 Å². The Bertz CT molecular complexity index is 457. The molecule has 0 fully saturated rings. The molecule has 0 saturated heterocycles. The number of hydrogen-bond donors (Lipinski definition) is 1. The highest BCUT2D eigenvalue weighted by atomic mass is 16.5. The van der Waals surface area contributed by atoms with E-state index in [1.54, 1.807) is 0 Å². The highest BCUT2D eigenvalue weighted by Gasteiger charge is 2.22. The van der Waals surface area contributed by atoms with Crippen LogP contribution in [0, 0.1) is 0 Å². The molecule has 0 spiro atoms. The molecule has 236 valence electrons. The van der Waals surface area contributed by atoms with E-state index in [4.69, 9.17) is 9.47 Å². The summed E-state index contributed by atoms with van der Waals surface area (Å²) in [6.07, 6.45) is 33.0. The Morgan fingerprint density at radius 2 is 0.872 bits per heavy atom. The number of unbranched alkanes of at least 4 members (excludes halogenated alkanes) is 22. The first-order valence-electron chi connectivity index (χ1n) is 17.7. The SMILES string of the molecule is CCCCCCCCCCCCCCOCC(C[N+](C)(C)CCO)OCCCCCCCCCCCCCC. The van der Waals surface area contributed by atoms with E-state index in [1.165, 1.54) is 141 Å². The van der Waals surface area contributed by atoms with Crippen LogP contribution < -0.4 is 0 Å². The Morgan fingerprint density at radius 3 is 1.26 bits per heavy atom. The quantitative estimate of drug-likeness (QED) is 0.0645. The summed E-state index contributed by atoms with van der Waals surface area (Å²) < 4.78 is 13.2. The molecular weight excluding hydrogens is 482 g/mol. The summed E-state index contributed by atoms with van der Waals surface area (Å²) in [4.78, 5) is 0. The maximum Gasteiger partial charge on any atom is 0.130 e. The Labute approximate surface area is 246 Å². The van der Waals surface area contributed by atoms with Gasteiger partial charge in [-0.25, -0.2) is 0 Å². The van der Waals surface area contributed by atoms with Crippen molar-refractivity contribution in [3.05, 3.63) is 0 Å². The molecule has 1 N–H and O–H groups in total. The fourth-order valence-corrected chi connectivity index (χ4v) is 5.52. The molecule has 0 aromatic carbocycles. The lowest BCUT2D eigenvalue weighted by atomic mass is 10.1. The fraction of sp³-hybridized carbons (Fsp3) is 1.00. The second-order valence-corrected chi connectivity index (χ2v) is 12.9. The van der Waals surface area contributed by atoms with Gasteiger partial charge in [0, 0.05) is 13.2 Å². The second kappa shape index (κ2) is 30.8. The zero-order chi connectivity index (χ0) is 28.7. The lowest BCUT2D eigenvalue weighted by Crippen LogP contribution is -2.49. The first kappa shape index (κ1) is 38.8. The van der Waals surface area contributed by atoms with E-state index in [0.29, 0.717) is 6.61 Å². The molecule has 0 saturated carbocycles. The average molecular weight is 557 g/mol. The van der Waals surface area contributed by atoms with Crippen LogP contribution in [0.3, 0.4) is 0 Å². The number of ether oxygens (including phenoxy) is 2. The van der Waals surface area contributed by atoms with Crippen LogP contribution in [0.1, 0.15) is 168 Å². The molecule has 0 bridgehead atoms. The molecule has 0 aliphatic heterocycles. The van der Waals surface area contributed by atoms with Gasteiger partial charge >= 0.3 is 0 Å². The third kappa shape index (κ3) is 30.6. The Balaban J connectivity index is 3.81. The van der Waals surface area contributed by atoms with Gasteiger partial charge in [-0.05, 0) is 12.8 Å². The zero-order valence-corrected chi connectivity index (χ0v) is 27.5. The van der Waals surface area contributed by atoms with Crippen molar-refractivity contribution in [2.75, 3.05) is 53.6 Å². The predicted octanol–water partition coefficient (Wildman–Crippen LogP) is 9.86. The van der Waals surface area contributed by atoms with Crippen molar-refractivity contribution in [1.82, 2.24) is 0 Å². The summed E-state index contributed by atoms with van der Waals surface area (Å²) >= 11 is 0. The second-order valence-electron chi connectivity index (χ2n) is 12.9. The van der Waals surface area contributed by atoms with Gasteiger partial charge < -0.3 is 19.1 Å². The van der Waals surface area contributed by atoms with Gasteiger partial charge in [-0.1, -0.05) is 155 Å². The van der Waals surface area contributed by atoms with Crippen molar-refractivity contribution in [1.29, 1.82) is 0 Å². The van der Waals surface area contributed by atoms with Gasteiger partial charge in [-0.3, -0.25) is 0 Å². The monoisotopic (exact) mass is 557 g/mol. The van der Waals surface area contributed by atoms with Gasteiger partial charge in [0.2, 0.25) is 0 Å². The molecule has 0 heterocycles. The predicted molar refractivity (Wildman–Crippen MR) is 172 cm³/mol. The van der Waals surface area contributed by atoms with Crippen molar-refractivity contribution in [2.24, 2.45) is 0 Å². The molecule has 4 heteroatoms. The van der Waals surface area contributed by atoms with Crippen LogP contribution >= 0.6 is 0 Å². The first-order valence-corrected chi connectivity index (χ1v) is 17.7. The first-order chi connectivity index (χ1) is 19.1. The lowest BCUT2D eigenvalue weighted by molar-refractivity contribution is -0.893. The minimum Gasteiger partial charge on any atom is -0.391 e. The molecule has 0 aliphatic carbocycles. The molecule has 0 aliphatic rings. The van der Waals surface area contributed by atoms with Gasteiger partial charge in [0.1, 0.15) is 19.2 Å². The van der Waals surface area contributed by atoms with Gasteiger partial charge in [0.05, 0.1) is 27.3 Å². The Morgan fingerprint density at radius 1 is 0.513 bits per heavy atom. The molecule has 1 atom stereocenters. The van der Waals surface area contributed by atoms with E-state index in [0.717, 1.165) is 43.6 Å². The topological polar surface area (TPSA) is 38.7 Å². The highest BCUT2D eigenvalue weighted by Crippen LogP contribution is 2.14. The Hall–Kier alpha value is -0.160. The number of aliphatic hydroxyl groups is 1. The van der Waals surface area contributed by atoms with Crippen LogP contribution in [0.4, 0.5) is 0 Å². The summed E-state index contributed by atoms with van der Waals surface area (Å²) in [6, 6.07) is 0. The maximum atomic E-state index is 9.43. The number of likely N-dealkylation sites (N-methyl/N-ethyl adjacent to an activating group) is 1. The van der Waals surface area contributed by atoms with Crippen molar-refractivity contribution in [3.8, 4) is 0 Å². The molecule has 0 aromatic rings. The number of nitrogens with zero attached hydrogens (tertiary/aromatic N) is 1. The van der Waals surface area contributed by atoms with Crippen LogP contribution in [0.5, 0.6) is 0 Å². The number of hydrogen-bond acceptors (Lipinski definition) is 3. The molecule has 1 unspecified atom stereocenters. The van der Waals surface area contributed by atoms with Gasteiger partial charge in [-0.2, -0.15) is 0 Å². The minimum atomic E-state index is 0.122. The summed E-state index contributed by atoms with van der Waals surface area (Å²) in [5, 5.41) is 9.43. The number of quaternary nitrogens is 1. The van der Waals surface area contributed by atoms with E-state index >= 15 is 0 Å². The van der Waals surface area contributed by atoms with E-state index in [-0.39, 0.29) is 12.7 Å². The van der Waals surface area contributed by atoms with Crippen LogP contribution in [0.15, 0.2) is 0 Å². The van der Waals surface area contributed by atoms with Crippen molar-refractivity contribution in [3.63, 3.8) is 0 Å². The summed E-state index contributed by atoms with van der Waals surface area (Å²) in [5.41, 5.74) is 0. The van der Waals surface area contributed by atoms with E-state index in [1.807, 2.05) is 0 Å². The molecular formula is C35H74NO3+. The minimum absolute atomic E-state index is 0.122. The lowest BCUT2D eigenvalue weighted by Gasteiger charge is -2.32. The number of aliphatic hydroxyl groups excluding tert-OH is 1. The van der Waals surface area contributed by atoms with Crippen LogP contribution in [0.2, 0.25) is 0 Å². The van der Waals surface area contributed by atoms with E-state index in [9.17, 15) is 5.11 Å². The maximum absolute atomic E-state index is 9.43. The molecule has 0 aromatic heterocycles. The fourth-order valence-electron chi connectivity index (χ4n) is 5.52.